The van der Waals surface area contributed by atoms with Crippen LogP contribution in [0.5, 0.6) is 0 Å². The predicted octanol–water partition coefficient (Wildman–Crippen LogP) is 4.81. The van der Waals surface area contributed by atoms with E-state index in [2.05, 4.69) is 66.3 Å². The van der Waals surface area contributed by atoms with E-state index in [4.69, 9.17) is 4.74 Å². The Morgan fingerprint density at radius 3 is 2.67 bits per heavy atom. The lowest BCUT2D eigenvalue weighted by molar-refractivity contribution is -0.142. The third kappa shape index (κ3) is 9.05. The summed E-state index contributed by atoms with van der Waals surface area (Å²) < 4.78 is 4.95. The van der Waals surface area contributed by atoms with Crippen LogP contribution in [0.2, 0.25) is 0 Å². The van der Waals surface area contributed by atoms with Gasteiger partial charge >= 0.3 is 5.97 Å². The Labute approximate surface area is 184 Å². The Kier molecular flexibility index (Phi) is 9.97. The Morgan fingerprint density at radius 2 is 2.00 bits per heavy atom. The molecule has 1 aromatic carbocycles. The van der Waals surface area contributed by atoms with Crippen LogP contribution in [0.1, 0.15) is 51.4 Å². The van der Waals surface area contributed by atoms with Gasteiger partial charge < -0.3 is 4.74 Å². The molecule has 0 saturated carbocycles. The van der Waals surface area contributed by atoms with Gasteiger partial charge in [0.15, 0.2) is 0 Å². The number of nitrogens with zero attached hydrogens (tertiary/aromatic N) is 3. The molecule has 0 unspecified atom stereocenters. The van der Waals surface area contributed by atoms with E-state index in [0.29, 0.717) is 29.3 Å². The lowest BCUT2D eigenvalue weighted by Gasteiger charge is -2.26. The quantitative estimate of drug-likeness (QED) is 0.297. The van der Waals surface area contributed by atoms with Crippen molar-refractivity contribution in [3.05, 3.63) is 46.5 Å². The van der Waals surface area contributed by atoms with E-state index < -0.39 is 0 Å². The van der Waals surface area contributed by atoms with E-state index >= 15 is 0 Å². The number of ether oxygens (including phenoxy) is 1. The van der Waals surface area contributed by atoms with Gasteiger partial charge in [-0.25, -0.2) is 4.98 Å². The van der Waals surface area contributed by atoms with Gasteiger partial charge in [-0.05, 0) is 36.0 Å². The van der Waals surface area contributed by atoms with E-state index in [0.717, 1.165) is 25.2 Å². The number of aromatic nitrogens is 1. The second-order valence-electron chi connectivity index (χ2n) is 8.22. The molecule has 0 aliphatic rings. The zero-order chi connectivity index (χ0) is 21.9. The summed E-state index contributed by atoms with van der Waals surface area (Å²) in [6.45, 7) is 14.4. The minimum Gasteiger partial charge on any atom is -0.466 e. The van der Waals surface area contributed by atoms with Crippen LogP contribution in [-0.4, -0.2) is 41.8 Å². The Balaban J connectivity index is 1.93. The Morgan fingerprint density at radius 1 is 1.27 bits per heavy atom. The lowest BCUT2D eigenvalue weighted by atomic mass is 10.1. The predicted molar refractivity (Wildman–Crippen MR) is 125 cm³/mol. The van der Waals surface area contributed by atoms with Gasteiger partial charge in [-0.1, -0.05) is 45.9 Å². The molecule has 164 valence electrons. The fourth-order valence-corrected chi connectivity index (χ4v) is 3.89. The van der Waals surface area contributed by atoms with Crippen molar-refractivity contribution in [3.8, 4) is 0 Å². The summed E-state index contributed by atoms with van der Waals surface area (Å²) >= 11 is 1.42. The molecular formula is C23H34N4O2S. The first-order valence-electron chi connectivity index (χ1n) is 10.6. The maximum Gasteiger partial charge on any atom is 0.311 e. The zero-order valence-electron chi connectivity index (χ0n) is 18.7. The SMILES string of the molecule is CCOC(=O)Cc1csc(NN=Cc2cccc(CN(CC(C)C)CC(C)C)c2)n1. The normalized spacial score (nSPS) is 11.7. The van der Waals surface area contributed by atoms with E-state index in [1.165, 1.54) is 16.9 Å². The second-order valence-corrected chi connectivity index (χ2v) is 9.08. The van der Waals surface area contributed by atoms with Crippen LogP contribution >= 0.6 is 11.3 Å². The lowest BCUT2D eigenvalue weighted by Crippen LogP contribution is -2.30. The van der Waals surface area contributed by atoms with E-state index in [9.17, 15) is 4.79 Å². The van der Waals surface area contributed by atoms with Crippen molar-refractivity contribution in [1.29, 1.82) is 0 Å². The highest BCUT2D eigenvalue weighted by atomic mass is 32.1. The van der Waals surface area contributed by atoms with Gasteiger partial charge in [-0.3, -0.25) is 15.1 Å². The molecule has 0 spiro atoms. The number of esters is 1. The summed E-state index contributed by atoms with van der Waals surface area (Å²) in [6.07, 6.45) is 1.98. The number of nitrogens with one attached hydrogen (secondary N) is 1. The summed E-state index contributed by atoms with van der Waals surface area (Å²) in [7, 11) is 0. The van der Waals surface area contributed by atoms with Gasteiger partial charge in [0.05, 0.1) is 24.9 Å². The number of carbonyl (C=O) groups excluding carboxylic acids is 1. The van der Waals surface area contributed by atoms with Crippen LogP contribution in [0.3, 0.4) is 0 Å². The number of thiazole rings is 1. The first kappa shape index (κ1) is 24.0. The van der Waals surface area contributed by atoms with Crippen molar-refractivity contribution in [3.63, 3.8) is 0 Å². The van der Waals surface area contributed by atoms with Crippen LogP contribution in [0, 0.1) is 11.8 Å². The molecule has 0 atom stereocenters. The molecule has 2 aromatic rings. The largest absolute Gasteiger partial charge is 0.466 e. The topological polar surface area (TPSA) is 66.8 Å². The minimum atomic E-state index is -0.265. The molecular weight excluding hydrogens is 396 g/mol. The summed E-state index contributed by atoms with van der Waals surface area (Å²) in [4.78, 5) is 18.4. The van der Waals surface area contributed by atoms with E-state index in [1.54, 1.807) is 13.1 Å². The summed E-state index contributed by atoms with van der Waals surface area (Å²) in [5.41, 5.74) is 5.96. The Hall–Kier alpha value is -2.25. The van der Waals surface area contributed by atoms with Crippen molar-refractivity contribution in [2.24, 2.45) is 16.9 Å². The molecule has 2 rings (SSSR count). The number of rotatable bonds is 12. The maximum atomic E-state index is 11.5. The van der Waals surface area contributed by atoms with Crippen molar-refractivity contribution in [1.82, 2.24) is 9.88 Å². The number of carbonyl (C=O) groups is 1. The van der Waals surface area contributed by atoms with Crippen LogP contribution in [0.4, 0.5) is 5.13 Å². The zero-order valence-corrected chi connectivity index (χ0v) is 19.5. The van der Waals surface area contributed by atoms with Crippen molar-refractivity contribution >= 4 is 28.7 Å². The van der Waals surface area contributed by atoms with Crippen molar-refractivity contribution < 1.29 is 9.53 Å². The van der Waals surface area contributed by atoms with E-state index in [-0.39, 0.29) is 12.4 Å². The van der Waals surface area contributed by atoms with Crippen molar-refractivity contribution in [2.45, 2.75) is 47.6 Å². The molecule has 0 aliphatic carbocycles. The smallest absolute Gasteiger partial charge is 0.311 e. The highest BCUT2D eigenvalue weighted by Crippen LogP contribution is 2.16. The molecule has 0 bridgehead atoms. The molecule has 0 amide bonds. The summed E-state index contributed by atoms with van der Waals surface area (Å²) in [5, 5.41) is 6.80. The average molecular weight is 431 g/mol. The molecule has 0 fully saturated rings. The van der Waals surface area contributed by atoms with Crippen LogP contribution < -0.4 is 5.43 Å². The number of hydrazone groups is 1. The Bertz CT molecular complexity index is 807. The third-order valence-corrected chi connectivity index (χ3v) is 4.96. The molecule has 6 nitrogen and oxygen atoms in total. The first-order valence-corrected chi connectivity index (χ1v) is 11.4. The van der Waals surface area contributed by atoms with Crippen LogP contribution in [0.15, 0.2) is 34.7 Å². The number of anilines is 1. The molecule has 1 aromatic heterocycles. The molecule has 0 radical (unpaired) electrons. The fourth-order valence-electron chi connectivity index (χ4n) is 3.23. The molecule has 7 heteroatoms. The third-order valence-electron chi connectivity index (χ3n) is 4.16. The van der Waals surface area contributed by atoms with Crippen molar-refractivity contribution in [2.75, 3.05) is 25.1 Å². The summed E-state index contributed by atoms with van der Waals surface area (Å²) in [5.74, 6) is 1.02. The molecule has 1 N–H and O–H groups in total. The van der Waals surface area contributed by atoms with Gasteiger partial charge in [0.1, 0.15) is 0 Å². The van der Waals surface area contributed by atoms with Crippen LogP contribution in [0.25, 0.3) is 0 Å². The van der Waals surface area contributed by atoms with Gasteiger partial charge in [-0.15, -0.1) is 11.3 Å². The maximum absolute atomic E-state index is 11.5. The van der Waals surface area contributed by atoms with Gasteiger partial charge in [0, 0.05) is 25.0 Å². The standard InChI is InChI=1S/C23H34N4O2S/c1-6-29-22(28)11-21-16-30-23(25-21)26-24-12-19-8-7-9-20(10-19)15-27(13-17(2)3)14-18(4)5/h7-10,12,16-18H,6,11,13-15H2,1-5H3,(H,25,26). The van der Waals surface area contributed by atoms with Gasteiger partial charge in [0.2, 0.25) is 5.13 Å². The van der Waals surface area contributed by atoms with Crippen LogP contribution in [-0.2, 0) is 22.5 Å². The monoisotopic (exact) mass is 430 g/mol. The minimum absolute atomic E-state index is 0.182. The number of hydrogen-bond donors (Lipinski definition) is 1. The first-order chi connectivity index (χ1) is 14.4. The summed E-state index contributed by atoms with van der Waals surface area (Å²) in [6, 6.07) is 8.45. The number of benzene rings is 1. The molecule has 0 saturated heterocycles. The van der Waals surface area contributed by atoms with Gasteiger partial charge in [-0.2, -0.15) is 5.10 Å². The van der Waals surface area contributed by atoms with E-state index in [1.807, 2.05) is 11.4 Å². The molecule has 1 heterocycles. The highest BCUT2D eigenvalue weighted by Gasteiger charge is 2.11. The highest BCUT2D eigenvalue weighted by molar-refractivity contribution is 7.13. The average Bonchev–Trinajstić information content (AvgIpc) is 3.08. The fraction of sp³-hybridized carbons (Fsp3) is 0.522. The number of hydrogen-bond acceptors (Lipinski definition) is 7. The second kappa shape index (κ2) is 12.4. The van der Waals surface area contributed by atoms with Gasteiger partial charge in [0.25, 0.3) is 0 Å². The molecule has 0 aliphatic heterocycles. The molecule has 30 heavy (non-hydrogen) atoms.